The molecule has 16 heavy (non-hydrogen) atoms. The maximum atomic E-state index is 12.1. The number of benzene rings is 1. The van der Waals surface area contributed by atoms with E-state index in [1.54, 1.807) is 30.3 Å². The fraction of sp³-hybridized carbons (Fsp3) is 0. The first kappa shape index (κ1) is 11.0. The highest BCUT2D eigenvalue weighted by Gasteiger charge is 2.16. The average molecular weight is 246 g/mol. The Bertz CT molecular complexity index is 596. The van der Waals surface area contributed by atoms with Gasteiger partial charge < -0.3 is 0 Å². The van der Waals surface area contributed by atoms with Crippen molar-refractivity contribution >= 4 is 25.4 Å². The van der Waals surface area contributed by atoms with Crippen LogP contribution in [0, 0.1) is 0 Å². The number of nitrogens with zero attached hydrogens (tertiary/aromatic N) is 1. The molecule has 2 aromatic rings. The van der Waals surface area contributed by atoms with Crippen molar-refractivity contribution in [1.82, 2.24) is 4.98 Å². The molecule has 1 aromatic carbocycles. The summed E-state index contributed by atoms with van der Waals surface area (Å²) in [5.74, 6) is 0. The van der Waals surface area contributed by atoms with Gasteiger partial charge in [-0.2, -0.15) is 0 Å². The highest BCUT2D eigenvalue weighted by atomic mass is 32.2. The summed E-state index contributed by atoms with van der Waals surface area (Å²) in [7, 11) is -0.230. The Kier molecular flexibility index (Phi) is 2.89. The molecule has 5 heteroatoms. The predicted octanol–water partition coefficient (Wildman–Crippen LogP) is 0.708. The zero-order chi connectivity index (χ0) is 11.6. The number of rotatable bonds is 2. The van der Waals surface area contributed by atoms with Gasteiger partial charge in [-0.3, -0.25) is 4.98 Å². The van der Waals surface area contributed by atoms with Crippen LogP contribution in [-0.2, 0) is 9.84 Å². The molecule has 79 valence electrons. The van der Waals surface area contributed by atoms with Crippen LogP contribution in [0.1, 0.15) is 0 Å². The van der Waals surface area contributed by atoms with Gasteiger partial charge in [-0.15, -0.1) is 0 Å². The third-order valence-corrected chi connectivity index (χ3v) is 4.14. The van der Waals surface area contributed by atoms with Gasteiger partial charge in [0.2, 0.25) is 9.84 Å². The zero-order valence-electron chi connectivity index (χ0n) is 8.29. The lowest BCUT2D eigenvalue weighted by molar-refractivity contribution is 0.596. The molecule has 0 fully saturated rings. The molecular formula is C11H8NO2SSi. The van der Waals surface area contributed by atoms with Gasteiger partial charge in [0.05, 0.1) is 20.0 Å². The van der Waals surface area contributed by atoms with Crippen molar-refractivity contribution in [2.24, 2.45) is 0 Å². The Morgan fingerprint density at radius 1 is 1.00 bits per heavy atom. The Labute approximate surface area is 97.5 Å². The van der Waals surface area contributed by atoms with Crippen LogP contribution >= 0.6 is 0 Å². The van der Waals surface area contributed by atoms with Gasteiger partial charge in [-0.1, -0.05) is 18.2 Å². The van der Waals surface area contributed by atoms with Crippen molar-refractivity contribution in [1.29, 1.82) is 0 Å². The minimum Gasteiger partial charge on any atom is -0.267 e. The Morgan fingerprint density at radius 2 is 1.69 bits per heavy atom. The first-order chi connectivity index (χ1) is 7.60. The molecule has 0 saturated heterocycles. The van der Waals surface area contributed by atoms with Gasteiger partial charge >= 0.3 is 0 Å². The third-order valence-electron chi connectivity index (χ3n) is 2.10. The largest absolute Gasteiger partial charge is 0.267 e. The van der Waals surface area contributed by atoms with Crippen molar-refractivity contribution in [3.63, 3.8) is 0 Å². The van der Waals surface area contributed by atoms with E-state index in [0.29, 0.717) is 5.32 Å². The standard InChI is InChI=1S/C11H8NO2SSi/c13-15(14,9-4-2-1-3-5-9)10-6-7-12-11(16)8-10/h1-8H. The highest BCUT2D eigenvalue weighted by molar-refractivity contribution is 7.91. The number of hydrogen-bond acceptors (Lipinski definition) is 3. The van der Waals surface area contributed by atoms with Crippen LogP contribution in [0.5, 0.6) is 0 Å². The molecule has 0 atom stereocenters. The molecule has 2 rings (SSSR count). The molecule has 0 bridgehead atoms. The summed E-state index contributed by atoms with van der Waals surface area (Å²) in [5.41, 5.74) is 0. The van der Waals surface area contributed by atoms with Crippen molar-refractivity contribution in [2.75, 3.05) is 0 Å². The van der Waals surface area contributed by atoms with Crippen LogP contribution in [-0.4, -0.2) is 23.6 Å². The van der Waals surface area contributed by atoms with E-state index in [1.165, 1.54) is 18.3 Å². The van der Waals surface area contributed by atoms with E-state index in [-0.39, 0.29) is 9.79 Å². The van der Waals surface area contributed by atoms with Gasteiger partial charge in [0.25, 0.3) is 0 Å². The van der Waals surface area contributed by atoms with E-state index in [4.69, 9.17) is 0 Å². The summed E-state index contributed by atoms with van der Waals surface area (Å²) in [4.78, 5) is 4.42. The SMILES string of the molecule is O=S(=O)(c1ccccc1)c1ccnc([Si])c1. The van der Waals surface area contributed by atoms with Crippen molar-refractivity contribution in [2.45, 2.75) is 9.79 Å². The van der Waals surface area contributed by atoms with Crippen LogP contribution in [0.4, 0.5) is 0 Å². The summed E-state index contributed by atoms with van der Waals surface area (Å²) in [6.07, 6.45) is 1.46. The van der Waals surface area contributed by atoms with Crippen LogP contribution in [0.15, 0.2) is 58.5 Å². The van der Waals surface area contributed by atoms with E-state index in [2.05, 4.69) is 15.2 Å². The Morgan fingerprint density at radius 3 is 2.31 bits per heavy atom. The molecule has 3 radical (unpaired) electrons. The molecule has 3 nitrogen and oxygen atoms in total. The molecule has 0 unspecified atom stereocenters. The summed E-state index contributed by atoms with van der Waals surface area (Å²) in [6.45, 7) is 0. The smallest absolute Gasteiger partial charge is 0.206 e. The summed E-state index contributed by atoms with van der Waals surface area (Å²) in [6, 6.07) is 11.3. The number of pyridine rings is 1. The molecule has 0 aliphatic heterocycles. The molecule has 0 aliphatic carbocycles. The van der Waals surface area contributed by atoms with Crippen LogP contribution in [0.3, 0.4) is 0 Å². The normalized spacial score (nSPS) is 11.3. The summed E-state index contributed by atoms with van der Waals surface area (Å²) >= 11 is 0. The molecule has 0 N–H and O–H groups in total. The molecule has 0 amide bonds. The van der Waals surface area contributed by atoms with E-state index < -0.39 is 9.84 Å². The highest BCUT2D eigenvalue weighted by Crippen LogP contribution is 2.18. The Balaban J connectivity index is 2.56. The van der Waals surface area contributed by atoms with Crippen LogP contribution in [0.25, 0.3) is 0 Å². The number of sulfone groups is 1. The minimum absolute atomic E-state index is 0.235. The topological polar surface area (TPSA) is 47.0 Å². The molecule has 0 saturated carbocycles. The first-order valence-electron chi connectivity index (χ1n) is 4.58. The van der Waals surface area contributed by atoms with E-state index in [0.717, 1.165) is 0 Å². The van der Waals surface area contributed by atoms with Gasteiger partial charge in [-0.25, -0.2) is 8.42 Å². The van der Waals surface area contributed by atoms with Crippen LogP contribution in [0.2, 0.25) is 0 Å². The number of aromatic nitrogens is 1. The molecular weight excluding hydrogens is 238 g/mol. The average Bonchev–Trinajstić information content (AvgIpc) is 2.30. The van der Waals surface area contributed by atoms with Crippen LogP contribution < -0.4 is 5.32 Å². The zero-order valence-corrected chi connectivity index (χ0v) is 10.1. The quantitative estimate of drug-likeness (QED) is 0.733. The van der Waals surface area contributed by atoms with E-state index in [9.17, 15) is 8.42 Å². The predicted molar refractivity (Wildman–Crippen MR) is 61.5 cm³/mol. The fourth-order valence-electron chi connectivity index (χ4n) is 1.31. The minimum atomic E-state index is -3.43. The fourth-order valence-corrected chi connectivity index (χ4v) is 2.94. The van der Waals surface area contributed by atoms with Gasteiger partial charge in [0.15, 0.2) is 0 Å². The maximum absolute atomic E-state index is 12.1. The third kappa shape index (κ3) is 2.05. The number of hydrogen-bond donors (Lipinski definition) is 0. The second-order valence-corrected chi connectivity index (χ2v) is 5.66. The molecule has 1 aromatic heterocycles. The lowest BCUT2D eigenvalue weighted by Crippen LogP contribution is -2.11. The molecule has 1 heterocycles. The van der Waals surface area contributed by atoms with Gasteiger partial charge in [0, 0.05) is 11.5 Å². The van der Waals surface area contributed by atoms with Crippen molar-refractivity contribution < 1.29 is 8.42 Å². The van der Waals surface area contributed by atoms with Crippen molar-refractivity contribution in [3.8, 4) is 0 Å². The summed E-state index contributed by atoms with van der Waals surface area (Å²) in [5, 5.41) is 0.497. The van der Waals surface area contributed by atoms with Crippen molar-refractivity contribution in [3.05, 3.63) is 48.7 Å². The van der Waals surface area contributed by atoms with Gasteiger partial charge in [0.1, 0.15) is 0 Å². The second-order valence-electron chi connectivity index (χ2n) is 3.19. The molecule has 0 spiro atoms. The first-order valence-corrected chi connectivity index (χ1v) is 6.57. The summed E-state index contributed by atoms with van der Waals surface area (Å²) < 4.78 is 24.3. The second kappa shape index (κ2) is 4.19. The Hall–Kier alpha value is -1.46. The lowest BCUT2D eigenvalue weighted by Gasteiger charge is -2.04. The monoisotopic (exact) mass is 246 g/mol. The lowest BCUT2D eigenvalue weighted by atomic mass is 10.4. The van der Waals surface area contributed by atoms with E-state index in [1.807, 2.05) is 0 Å². The van der Waals surface area contributed by atoms with Gasteiger partial charge in [-0.05, 0) is 24.3 Å². The molecule has 0 aliphatic rings. The van der Waals surface area contributed by atoms with E-state index >= 15 is 0 Å². The maximum Gasteiger partial charge on any atom is 0.206 e.